The minimum atomic E-state index is 0.277. The van der Waals surface area contributed by atoms with Gasteiger partial charge in [-0.3, -0.25) is 0 Å². The van der Waals surface area contributed by atoms with E-state index in [0.717, 1.165) is 17.2 Å². The summed E-state index contributed by atoms with van der Waals surface area (Å²) in [6.07, 6.45) is 1.70. The summed E-state index contributed by atoms with van der Waals surface area (Å²) in [5.41, 5.74) is 0.925. The van der Waals surface area contributed by atoms with Crippen LogP contribution in [0.5, 0.6) is 5.88 Å². The average molecular weight is 221 g/mol. The second-order valence-electron chi connectivity index (χ2n) is 3.86. The van der Waals surface area contributed by atoms with Gasteiger partial charge < -0.3 is 10.1 Å². The van der Waals surface area contributed by atoms with Crippen LogP contribution in [0.2, 0.25) is 0 Å². The molecule has 1 aromatic rings. The van der Waals surface area contributed by atoms with Gasteiger partial charge in [0.15, 0.2) is 0 Å². The first-order valence-electron chi connectivity index (χ1n) is 5.40. The Morgan fingerprint density at radius 3 is 2.62 bits per heavy atom. The van der Waals surface area contributed by atoms with Crippen LogP contribution in [0.3, 0.4) is 0 Å². The van der Waals surface area contributed by atoms with Gasteiger partial charge in [-0.05, 0) is 6.92 Å². The van der Waals surface area contributed by atoms with Crippen molar-refractivity contribution >= 4 is 5.82 Å². The Morgan fingerprint density at radius 2 is 2.12 bits per heavy atom. The normalized spacial score (nSPS) is 10.3. The molecule has 0 aromatic carbocycles. The lowest BCUT2D eigenvalue weighted by Gasteiger charge is -2.13. The molecule has 4 heteroatoms. The van der Waals surface area contributed by atoms with E-state index in [1.165, 1.54) is 0 Å². The lowest BCUT2D eigenvalue weighted by molar-refractivity contribution is 0.343. The van der Waals surface area contributed by atoms with Gasteiger partial charge >= 0.3 is 0 Å². The SMILES string of the molecule is C=CCOc1nc(C(C)C)nc(NC)c1C. The van der Waals surface area contributed by atoms with Gasteiger partial charge in [-0.25, -0.2) is 4.98 Å². The maximum absolute atomic E-state index is 5.51. The van der Waals surface area contributed by atoms with Crippen LogP contribution in [0, 0.1) is 6.92 Å². The van der Waals surface area contributed by atoms with E-state index < -0.39 is 0 Å². The van der Waals surface area contributed by atoms with E-state index in [-0.39, 0.29) is 5.92 Å². The number of nitrogens with zero attached hydrogens (tertiary/aromatic N) is 2. The maximum Gasteiger partial charge on any atom is 0.222 e. The number of hydrogen-bond acceptors (Lipinski definition) is 4. The van der Waals surface area contributed by atoms with Crippen LogP contribution in [0.4, 0.5) is 5.82 Å². The molecule has 0 unspecified atom stereocenters. The van der Waals surface area contributed by atoms with E-state index in [4.69, 9.17) is 4.74 Å². The molecule has 1 heterocycles. The molecule has 0 saturated carbocycles. The zero-order chi connectivity index (χ0) is 12.1. The smallest absolute Gasteiger partial charge is 0.222 e. The van der Waals surface area contributed by atoms with Crippen LogP contribution < -0.4 is 10.1 Å². The van der Waals surface area contributed by atoms with Crippen LogP contribution in [-0.4, -0.2) is 23.6 Å². The van der Waals surface area contributed by atoms with Crippen molar-refractivity contribution < 1.29 is 4.74 Å². The Balaban J connectivity index is 3.13. The number of anilines is 1. The monoisotopic (exact) mass is 221 g/mol. The molecule has 16 heavy (non-hydrogen) atoms. The molecule has 0 amide bonds. The second kappa shape index (κ2) is 5.49. The third kappa shape index (κ3) is 2.72. The van der Waals surface area contributed by atoms with Crippen molar-refractivity contribution in [2.75, 3.05) is 19.0 Å². The third-order valence-corrected chi connectivity index (χ3v) is 2.21. The number of hydrogen-bond donors (Lipinski definition) is 1. The first-order chi connectivity index (χ1) is 7.60. The Morgan fingerprint density at radius 1 is 1.44 bits per heavy atom. The summed E-state index contributed by atoms with van der Waals surface area (Å²) in [5, 5.41) is 3.05. The molecule has 1 aromatic heterocycles. The fourth-order valence-corrected chi connectivity index (χ4v) is 1.29. The summed E-state index contributed by atoms with van der Waals surface area (Å²) in [6.45, 7) is 10.1. The van der Waals surface area contributed by atoms with E-state index in [1.807, 2.05) is 14.0 Å². The molecule has 0 fully saturated rings. The molecule has 4 nitrogen and oxygen atoms in total. The van der Waals surface area contributed by atoms with Crippen LogP contribution >= 0.6 is 0 Å². The van der Waals surface area contributed by atoms with Crippen molar-refractivity contribution in [3.63, 3.8) is 0 Å². The minimum absolute atomic E-state index is 0.277. The molecule has 0 saturated heterocycles. The highest BCUT2D eigenvalue weighted by molar-refractivity contribution is 5.48. The minimum Gasteiger partial charge on any atom is -0.473 e. The molecule has 0 aliphatic rings. The van der Waals surface area contributed by atoms with Crippen LogP contribution in [-0.2, 0) is 0 Å². The van der Waals surface area contributed by atoms with Gasteiger partial charge in [0, 0.05) is 13.0 Å². The number of ether oxygens (including phenoxy) is 1. The summed E-state index contributed by atoms with van der Waals surface area (Å²) in [6, 6.07) is 0. The highest BCUT2D eigenvalue weighted by atomic mass is 16.5. The first-order valence-corrected chi connectivity index (χ1v) is 5.40. The van der Waals surface area contributed by atoms with Gasteiger partial charge in [-0.1, -0.05) is 26.5 Å². The molecule has 88 valence electrons. The summed E-state index contributed by atoms with van der Waals surface area (Å²) in [7, 11) is 1.84. The maximum atomic E-state index is 5.51. The van der Waals surface area contributed by atoms with E-state index in [2.05, 4.69) is 35.7 Å². The third-order valence-electron chi connectivity index (χ3n) is 2.21. The molecule has 0 spiro atoms. The van der Waals surface area contributed by atoms with Crippen molar-refractivity contribution in [3.8, 4) is 5.88 Å². The van der Waals surface area contributed by atoms with Crippen LogP contribution in [0.1, 0.15) is 31.2 Å². The van der Waals surface area contributed by atoms with Gasteiger partial charge in [-0.2, -0.15) is 4.98 Å². The second-order valence-corrected chi connectivity index (χ2v) is 3.86. The van der Waals surface area contributed by atoms with E-state index in [1.54, 1.807) is 6.08 Å². The average Bonchev–Trinajstić information content (AvgIpc) is 2.27. The van der Waals surface area contributed by atoms with Gasteiger partial charge in [0.2, 0.25) is 5.88 Å². The molecular weight excluding hydrogens is 202 g/mol. The van der Waals surface area contributed by atoms with E-state index in [0.29, 0.717) is 12.5 Å². The molecule has 0 bridgehead atoms. The fourth-order valence-electron chi connectivity index (χ4n) is 1.29. The van der Waals surface area contributed by atoms with E-state index >= 15 is 0 Å². The zero-order valence-corrected chi connectivity index (χ0v) is 10.4. The topological polar surface area (TPSA) is 47.0 Å². The standard InChI is InChI=1S/C12H19N3O/c1-6-7-16-12-9(4)11(13-5)14-10(15-12)8(2)3/h6,8H,1,7H2,2-5H3,(H,13,14,15). The van der Waals surface area contributed by atoms with Gasteiger partial charge in [0.05, 0.1) is 5.56 Å². The Bertz CT molecular complexity index is 375. The Labute approximate surface area is 96.8 Å². The highest BCUT2D eigenvalue weighted by Crippen LogP contribution is 2.24. The summed E-state index contributed by atoms with van der Waals surface area (Å²) < 4.78 is 5.51. The molecule has 0 radical (unpaired) electrons. The fraction of sp³-hybridized carbons (Fsp3) is 0.500. The van der Waals surface area contributed by atoms with Crippen LogP contribution in [0.25, 0.3) is 0 Å². The summed E-state index contributed by atoms with van der Waals surface area (Å²) in [4.78, 5) is 8.83. The predicted molar refractivity (Wildman–Crippen MR) is 66.1 cm³/mol. The van der Waals surface area contributed by atoms with Crippen molar-refractivity contribution in [3.05, 3.63) is 24.0 Å². The van der Waals surface area contributed by atoms with Gasteiger partial charge in [0.1, 0.15) is 18.2 Å². The quantitative estimate of drug-likeness (QED) is 0.776. The first kappa shape index (κ1) is 12.5. The van der Waals surface area contributed by atoms with Crippen molar-refractivity contribution in [2.24, 2.45) is 0 Å². The predicted octanol–water partition coefficient (Wildman–Crippen LogP) is 2.51. The van der Waals surface area contributed by atoms with Crippen molar-refractivity contribution in [1.82, 2.24) is 9.97 Å². The van der Waals surface area contributed by atoms with Gasteiger partial charge in [-0.15, -0.1) is 0 Å². The lowest BCUT2D eigenvalue weighted by Crippen LogP contribution is -2.08. The summed E-state index contributed by atoms with van der Waals surface area (Å²) >= 11 is 0. The van der Waals surface area contributed by atoms with E-state index in [9.17, 15) is 0 Å². The number of aromatic nitrogens is 2. The molecular formula is C12H19N3O. The molecule has 0 aliphatic heterocycles. The zero-order valence-electron chi connectivity index (χ0n) is 10.4. The van der Waals surface area contributed by atoms with Gasteiger partial charge in [0.25, 0.3) is 0 Å². The summed E-state index contributed by atoms with van der Waals surface area (Å²) in [5.74, 6) is 2.51. The highest BCUT2D eigenvalue weighted by Gasteiger charge is 2.12. The van der Waals surface area contributed by atoms with Crippen LogP contribution in [0.15, 0.2) is 12.7 Å². The lowest BCUT2D eigenvalue weighted by atomic mass is 10.2. The molecule has 1 rings (SSSR count). The molecule has 0 atom stereocenters. The Kier molecular flexibility index (Phi) is 4.28. The Hall–Kier alpha value is -1.58. The van der Waals surface area contributed by atoms with Crippen molar-refractivity contribution in [2.45, 2.75) is 26.7 Å². The molecule has 0 aliphatic carbocycles. The number of nitrogens with one attached hydrogen (secondary N) is 1. The van der Waals surface area contributed by atoms with Crippen molar-refractivity contribution in [1.29, 1.82) is 0 Å². The largest absolute Gasteiger partial charge is 0.473 e. The number of rotatable bonds is 5. The molecule has 1 N–H and O–H groups in total.